The maximum Gasteiger partial charge on any atom is 0.258 e. The summed E-state index contributed by atoms with van der Waals surface area (Å²) < 4.78 is 40.7. The lowest BCUT2D eigenvalue weighted by molar-refractivity contribution is 0.0164. The molecule has 0 unspecified atom stereocenters. The molecule has 1 aliphatic heterocycles. The van der Waals surface area contributed by atoms with Crippen LogP contribution in [0.15, 0.2) is 12.1 Å². The summed E-state index contributed by atoms with van der Waals surface area (Å²) in [5, 5.41) is 2.84. The average Bonchev–Trinajstić information content (AvgIpc) is 2.39. The molecule has 1 aromatic rings. The van der Waals surface area contributed by atoms with E-state index in [1.807, 2.05) is 0 Å². The lowest BCUT2D eigenvalue weighted by Gasteiger charge is -2.35. The number of hydrogen-bond acceptors (Lipinski definition) is 2. The lowest BCUT2D eigenvalue weighted by atomic mass is 10.0. The van der Waals surface area contributed by atoms with Crippen LogP contribution in [0.5, 0.6) is 0 Å². The van der Waals surface area contributed by atoms with Crippen molar-refractivity contribution in [3.63, 3.8) is 0 Å². The van der Waals surface area contributed by atoms with Crippen LogP contribution in [0.2, 0.25) is 10.0 Å². The van der Waals surface area contributed by atoms with Gasteiger partial charge in [0.1, 0.15) is 11.9 Å². The van der Waals surface area contributed by atoms with Crippen molar-refractivity contribution >= 4 is 23.2 Å². The van der Waals surface area contributed by atoms with Gasteiger partial charge in [-0.3, -0.25) is 4.90 Å². The zero-order valence-corrected chi connectivity index (χ0v) is 11.5. The first-order valence-electron chi connectivity index (χ1n) is 5.88. The van der Waals surface area contributed by atoms with Crippen molar-refractivity contribution in [1.82, 2.24) is 10.2 Å². The summed E-state index contributed by atoms with van der Waals surface area (Å²) in [5.41, 5.74) is -0.217. The molecule has 1 fully saturated rings. The van der Waals surface area contributed by atoms with Gasteiger partial charge in [-0.15, -0.1) is 0 Å². The van der Waals surface area contributed by atoms with Gasteiger partial charge in [0.25, 0.3) is 6.43 Å². The molecule has 1 saturated heterocycles. The van der Waals surface area contributed by atoms with E-state index < -0.39 is 18.3 Å². The first-order valence-corrected chi connectivity index (χ1v) is 6.64. The fourth-order valence-electron chi connectivity index (χ4n) is 2.24. The molecule has 1 atom stereocenters. The number of benzene rings is 1. The van der Waals surface area contributed by atoms with Gasteiger partial charge in [-0.2, -0.15) is 0 Å². The predicted molar refractivity (Wildman–Crippen MR) is 69.6 cm³/mol. The smallest absolute Gasteiger partial charge is 0.258 e. The quantitative estimate of drug-likeness (QED) is 0.861. The minimum atomic E-state index is -2.73. The highest BCUT2D eigenvalue weighted by Crippen LogP contribution is 2.37. The number of nitrogens with one attached hydrogen (secondary N) is 1. The largest absolute Gasteiger partial charge is 0.314 e. The second-order valence-electron chi connectivity index (χ2n) is 4.32. The van der Waals surface area contributed by atoms with Crippen LogP contribution in [-0.2, 0) is 0 Å². The van der Waals surface area contributed by atoms with Crippen LogP contribution in [0.25, 0.3) is 0 Å². The highest BCUT2D eigenvalue weighted by Gasteiger charge is 2.34. The van der Waals surface area contributed by atoms with Gasteiger partial charge in [0.15, 0.2) is 0 Å². The van der Waals surface area contributed by atoms with Gasteiger partial charge >= 0.3 is 0 Å². The second kappa shape index (κ2) is 6.31. The summed E-state index contributed by atoms with van der Waals surface area (Å²) >= 11 is 11.5. The fourth-order valence-corrected chi connectivity index (χ4v) is 2.66. The zero-order chi connectivity index (χ0) is 14.0. The molecule has 19 heavy (non-hydrogen) atoms. The van der Waals surface area contributed by atoms with E-state index in [-0.39, 0.29) is 15.6 Å². The van der Waals surface area contributed by atoms with E-state index in [1.165, 1.54) is 17.0 Å². The van der Waals surface area contributed by atoms with E-state index in [0.29, 0.717) is 26.2 Å². The van der Waals surface area contributed by atoms with E-state index in [9.17, 15) is 13.2 Å². The highest BCUT2D eigenvalue weighted by molar-refractivity contribution is 6.33. The summed E-state index contributed by atoms with van der Waals surface area (Å²) in [5.74, 6) is -0.863. The van der Waals surface area contributed by atoms with Crippen LogP contribution in [0.3, 0.4) is 0 Å². The molecule has 0 saturated carbocycles. The summed E-state index contributed by atoms with van der Waals surface area (Å²) in [4.78, 5) is 1.53. The number of nitrogens with zero attached hydrogens (tertiary/aromatic N) is 1. The number of alkyl halides is 2. The monoisotopic (exact) mass is 312 g/mol. The Balaban J connectivity index is 2.41. The molecule has 0 amide bonds. The van der Waals surface area contributed by atoms with Gasteiger partial charge in [0, 0.05) is 36.8 Å². The van der Waals surface area contributed by atoms with Crippen LogP contribution in [0, 0.1) is 5.82 Å². The van der Waals surface area contributed by atoms with Gasteiger partial charge in [0.2, 0.25) is 0 Å². The van der Waals surface area contributed by atoms with E-state index in [0.717, 1.165) is 0 Å². The van der Waals surface area contributed by atoms with Crippen LogP contribution in [0.1, 0.15) is 11.6 Å². The standard InChI is InChI=1S/C12H13Cl2F3N2/c13-7-1-2-8(14)10(15)9(7)11(12(16)17)19-5-3-18-4-6-19/h1-2,11-12,18H,3-6H2/t11-/m0/s1. The van der Waals surface area contributed by atoms with Crippen molar-refractivity contribution in [2.45, 2.75) is 12.5 Å². The van der Waals surface area contributed by atoms with Gasteiger partial charge in [0.05, 0.1) is 5.02 Å². The molecule has 106 valence electrons. The SMILES string of the molecule is Fc1c(Cl)ccc(Cl)c1[C@@H](C(F)F)N1CCNCC1. The molecule has 0 radical (unpaired) electrons. The van der Waals surface area contributed by atoms with Crippen molar-refractivity contribution in [2.75, 3.05) is 26.2 Å². The normalized spacial score (nSPS) is 18.8. The lowest BCUT2D eigenvalue weighted by Crippen LogP contribution is -2.47. The third-order valence-corrected chi connectivity index (χ3v) is 3.78. The van der Waals surface area contributed by atoms with Crippen molar-refractivity contribution < 1.29 is 13.2 Å². The third kappa shape index (κ3) is 3.16. The van der Waals surface area contributed by atoms with E-state index in [2.05, 4.69) is 5.32 Å². The minimum Gasteiger partial charge on any atom is -0.314 e. The Kier molecular flexibility index (Phi) is 4.95. The number of piperazine rings is 1. The Labute approximate surface area is 119 Å². The Morgan fingerprint density at radius 1 is 1.11 bits per heavy atom. The third-order valence-electron chi connectivity index (χ3n) is 3.16. The summed E-state index contributed by atoms with van der Waals surface area (Å²) in [6.07, 6.45) is -2.73. The Hall–Kier alpha value is -0.490. The summed E-state index contributed by atoms with van der Waals surface area (Å²) in [7, 11) is 0. The van der Waals surface area contributed by atoms with E-state index in [4.69, 9.17) is 23.2 Å². The predicted octanol–water partition coefficient (Wildman–Crippen LogP) is 3.34. The molecule has 2 nitrogen and oxygen atoms in total. The van der Waals surface area contributed by atoms with E-state index >= 15 is 0 Å². The van der Waals surface area contributed by atoms with Crippen LogP contribution >= 0.6 is 23.2 Å². The maximum atomic E-state index is 14.0. The number of halogens is 5. The van der Waals surface area contributed by atoms with Gasteiger partial charge in [-0.05, 0) is 12.1 Å². The van der Waals surface area contributed by atoms with Gasteiger partial charge in [-0.1, -0.05) is 23.2 Å². The highest BCUT2D eigenvalue weighted by atomic mass is 35.5. The molecular formula is C12H13Cl2F3N2. The number of rotatable bonds is 3. The summed E-state index contributed by atoms with van der Waals surface area (Å²) in [6, 6.07) is 1.25. The molecule has 2 rings (SSSR count). The molecule has 1 heterocycles. The zero-order valence-electron chi connectivity index (χ0n) is 9.97. The molecule has 0 aromatic heterocycles. The molecule has 0 aliphatic carbocycles. The van der Waals surface area contributed by atoms with Crippen molar-refractivity contribution in [3.8, 4) is 0 Å². The molecular weight excluding hydrogens is 300 g/mol. The first kappa shape index (κ1) is 14.9. The molecule has 0 spiro atoms. The Morgan fingerprint density at radius 3 is 2.26 bits per heavy atom. The van der Waals surface area contributed by atoms with E-state index in [1.54, 1.807) is 0 Å². The molecule has 1 N–H and O–H groups in total. The minimum absolute atomic E-state index is 0.0225. The maximum absolute atomic E-state index is 14.0. The average molecular weight is 313 g/mol. The molecule has 7 heteroatoms. The summed E-state index contributed by atoms with van der Waals surface area (Å²) in [6.45, 7) is 2.00. The molecule has 1 aromatic carbocycles. The van der Waals surface area contributed by atoms with Crippen LogP contribution < -0.4 is 5.32 Å². The van der Waals surface area contributed by atoms with Crippen molar-refractivity contribution in [2.24, 2.45) is 0 Å². The van der Waals surface area contributed by atoms with Gasteiger partial charge in [-0.25, -0.2) is 13.2 Å². The number of hydrogen-bond donors (Lipinski definition) is 1. The molecule has 0 bridgehead atoms. The first-order chi connectivity index (χ1) is 9.02. The van der Waals surface area contributed by atoms with Crippen LogP contribution in [0.4, 0.5) is 13.2 Å². The van der Waals surface area contributed by atoms with Crippen LogP contribution in [-0.4, -0.2) is 37.5 Å². The topological polar surface area (TPSA) is 15.3 Å². The van der Waals surface area contributed by atoms with Crippen molar-refractivity contribution in [3.05, 3.63) is 33.6 Å². The van der Waals surface area contributed by atoms with Crippen molar-refractivity contribution in [1.29, 1.82) is 0 Å². The Morgan fingerprint density at radius 2 is 1.68 bits per heavy atom. The molecule has 1 aliphatic rings. The van der Waals surface area contributed by atoms with Gasteiger partial charge < -0.3 is 5.32 Å². The Bertz CT molecular complexity index is 451. The second-order valence-corrected chi connectivity index (χ2v) is 5.14. The fraction of sp³-hybridized carbons (Fsp3) is 0.500.